The van der Waals surface area contributed by atoms with Gasteiger partial charge in [0.2, 0.25) is 0 Å². The van der Waals surface area contributed by atoms with Gasteiger partial charge >= 0.3 is 0 Å². The van der Waals surface area contributed by atoms with Gasteiger partial charge in [0.15, 0.2) is 0 Å². The number of hydrogen-bond acceptors (Lipinski definition) is 1. The molecule has 0 aliphatic heterocycles. The minimum Gasteiger partial charge on any atom is -0.376 e. The van der Waals surface area contributed by atoms with E-state index in [1.54, 1.807) is 0 Å². The molecule has 80 valence electrons. The van der Waals surface area contributed by atoms with Gasteiger partial charge in [-0.3, -0.25) is 0 Å². The maximum Gasteiger partial charge on any atom is 0.0717 e. The van der Waals surface area contributed by atoms with Gasteiger partial charge in [-0.05, 0) is 37.5 Å². The molecule has 1 heteroatoms. The fourth-order valence-corrected chi connectivity index (χ4v) is 1.18. The second-order valence-corrected chi connectivity index (χ2v) is 3.68. The average Bonchev–Trinajstić information content (AvgIpc) is 2.24. The summed E-state index contributed by atoms with van der Waals surface area (Å²) in [5.74, 6) is 0. The number of ether oxygens (including phenoxy) is 1. The SMILES string of the molecule is CC(C)=C=CCCOCc1ccccc1. The van der Waals surface area contributed by atoms with Crippen molar-refractivity contribution >= 4 is 0 Å². The van der Waals surface area contributed by atoms with Gasteiger partial charge in [-0.25, -0.2) is 0 Å². The highest BCUT2D eigenvalue weighted by Gasteiger charge is 1.89. The zero-order chi connectivity index (χ0) is 10.9. The van der Waals surface area contributed by atoms with E-state index in [0.717, 1.165) is 13.0 Å². The van der Waals surface area contributed by atoms with Crippen molar-refractivity contribution in [1.82, 2.24) is 0 Å². The fourth-order valence-electron chi connectivity index (χ4n) is 1.18. The van der Waals surface area contributed by atoms with Gasteiger partial charge in [0.25, 0.3) is 0 Å². The molecule has 0 bridgehead atoms. The van der Waals surface area contributed by atoms with E-state index < -0.39 is 0 Å². The molecular formula is C14H18O. The predicted octanol–water partition coefficient (Wildman–Crippen LogP) is 3.71. The van der Waals surface area contributed by atoms with Crippen molar-refractivity contribution in [3.8, 4) is 0 Å². The van der Waals surface area contributed by atoms with E-state index in [-0.39, 0.29) is 0 Å². The van der Waals surface area contributed by atoms with Crippen LogP contribution in [-0.2, 0) is 11.3 Å². The predicted molar refractivity (Wildman–Crippen MR) is 63.7 cm³/mol. The molecule has 0 heterocycles. The molecule has 0 N–H and O–H groups in total. The summed E-state index contributed by atoms with van der Waals surface area (Å²) in [5.41, 5.74) is 5.59. The highest BCUT2D eigenvalue weighted by Crippen LogP contribution is 2.00. The third-order valence-electron chi connectivity index (χ3n) is 1.91. The molecule has 0 saturated heterocycles. The molecule has 0 atom stereocenters. The zero-order valence-corrected chi connectivity index (χ0v) is 9.49. The van der Waals surface area contributed by atoms with E-state index in [9.17, 15) is 0 Å². The molecule has 0 aliphatic rings. The van der Waals surface area contributed by atoms with Crippen LogP contribution in [0.2, 0.25) is 0 Å². The maximum absolute atomic E-state index is 5.52. The summed E-state index contributed by atoms with van der Waals surface area (Å²) in [6.45, 7) is 5.54. The van der Waals surface area contributed by atoms with Crippen LogP contribution in [0.5, 0.6) is 0 Å². The molecule has 0 saturated carbocycles. The monoisotopic (exact) mass is 202 g/mol. The van der Waals surface area contributed by atoms with Gasteiger partial charge < -0.3 is 4.74 Å². The summed E-state index contributed by atoms with van der Waals surface area (Å²) in [6.07, 6.45) is 2.96. The van der Waals surface area contributed by atoms with Crippen LogP contribution >= 0.6 is 0 Å². The van der Waals surface area contributed by atoms with Crippen molar-refractivity contribution in [2.75, 3.05) is 6.61 Å². The molecule has 0 unspecified atom stereocenters. The van der Waals surface area contributed by atoms with Gasteiger partial charge in [0.1, 0.15) is 0 Å². The molecule has 0 aliphatic carbocycles. The van der Waals surface area contributed by atoms with Gasteiger partial charge in [-0.15, -0.1) is 5.73 Å². The normalized spacial score (nSPS) is 9.47. The van der Waals surface area contributed by atoms with E-state index >= 15 is 0 Å². The minimum atomic E-state index is 0.698. The first-order valence-electron chi connectivity index (χ1n) is 5.29. The quantitative estimate of drug-likeness (QED) is 0.522. The molecule has 1 nitrogen and oxygen atoms in total. The van der Waals surface area contributed by atoms with Crippen LogP contribution in [0.4, 0.5) is 0 Å². The lowest BCUT2D eigenvalue weighted by Crippen LogP contribution is -1.93. The van der Waals surface area contributed by atoms with E-state index in [1.165, 1.54) is 11.1 Å². The minimum absolute atomic E-state index is 0.698. The third-order valence-corrected chi connectivity index (χ3v) is 1.91. The van der Waals surface area contributed by atoms with Gasteiger partial charge in [-0.1, -0.05) is 30.3 Å². The Balaban J connectivity index is 2.15. The zero-order valence-electron chi connectivity index (χ0n) is 9.49. The Morgan fingerprint density at radius 2 is 2.00 bits per heavy atom. The Morgan fingerprint density at radius 1 is 1.27 bits per heavy atom. The highest BCUT2D eigenvalue weighted by atomic mass is 16.5. The van der Waals surface area contributed by atoms with Crippen molar-refractivity contribution in [3.05, 3.63) is 53.3 Å². The first-order valence-corrected chi connectivity index (χ1v) is 5.29. The van der Waals surface area contributed by atoms with Crippen molar-refractivity contribution in [1.29, 1.82) is 0 Å². The summed E-state index contributed by atoms with van der Waals surface area (Å²) in [5, 5.41) is 0. The van der Waals surface area contributed by atoms with E-state index in [4.69, 9.17) is 4.74 Å². The highest BCUT2D eigenvalue weighted by molar-refractivity contribution is 5.13. The summed E-state index contributed by atoms with van der Waals surface area (Å²) < 4.78 is 5.52. The molecule has 0 fully saturated rings. The van der Waals surface area contributed by atoms with Crippen molar-refractivity contribution in [2.24, 2.45) is 0 Å². The van der Waals surface area contributed by atoms with Crippen LogP contribution in [0.25, 0.3) is 0 Å². The van der Waals surface area contributed by atoms with Crippen LogP contribution < -0.4 is 0 Å². The molecule has 1 aromatic carbocycles. The molecule has 0 spiro atoms. The Hall–Kier alpha value is -1.30. The summed E-state index contributed by atoms with van der Waals surface area (Å²) >= 11 is 0. The molecule has 0 radical (unpaired) electrons. The van der Waals surface area contributed by atoms with Crippen molar-refractivity contribution < 1.29 is 4.74 Å². The average molecular weight is 202 g/mol. The molecule has 1 aromatic rings. The second-order valence-electron chi connectivity index (χ2n) is 3.68. The van der Waals surface area contributed by atoms with Crippen molar-refractivity contribution in [3.63, 3.8) is 0 Å². The van der Waals surface area contributed by atoms with Crippen molar-refractivity contribution in [2.45, 2.75) is 26.9 Å². The summed E-state index contributed by atoms with van der Waals surface area (Å²) in [6, 6.07) is 10.2. The van der Waals surface area contributed by atoms with Crippen LogP contribution in [0.15, 0.2) is 47.7 Å². The summed E-state index contributed by atoms with van der Waals surface area (Å²) in [7, 11) is 0. The fraction of sp³-hybridized carbons (Fsp3) is 0.357. The van der Waals surface area contributed by atoms with Crippen LogP contribution in [0, 0.1) is 0 Å². The standard InChI is InChI=1S/C14H18O/c1-13(2)8-6-7-11-15-12-14-9-4-3-5-10-14/h3-6,9-10H,7,11-12H2,1-2H3. The topological polar surface area (TPSA) is 9.23 Å². The Bertz CT molecular complexity index is 328. The number of rotatable bonds is 5. The van der Waals surface area contributed by atoms with E-state index in [1.807, 2.05) is 38.1 Å². The lowest BCUT2D eigenvalue weighted by atomic mass is 10.2. The van der Waals surface area contributed by atoms with Gasteiger partial charge in [0, 0.05) is 0 Å². The second kappa shape index (κ2) is 7.05. The van der Waals surface area contributed by atoms with Gasteiger partial charge in [0.05, 0.1) is 13.2 Å². The lowest BCUT2D eigenvalue weighted by molar-refractivity contribution is 0.125. The Labute approximate surface area is 92.1 Å². The number of benzene rings is 1. The molecular weight excluding hydrogens is 184 g/mol. The number of hydrogen-bond donors (Lipinski definition) is 0. The molecule has 0 amide bonds. The smallest absolute Gasteiger partial charge is 0.0717 e. The third kappa shape index (κ3) is 5.90. The molecule has 0 aromatic heterocycles. The van der Waals surface area contributed by atoms with E-state index in [0.29, 0.717) is 6.61 Å². The van der Waals surface area contributed by atoms with E-state index in [2.05, 4.69) is 17.9 Å². The van der Waals surface area contributed by atoms with Crippen LogP contribution in [0.1, 0.15) is 25.8 Å². The Morgan fingerprint density at radius 3 is 2.67 bits per heavy atom. The molecule has 1 rings (SSSR count). The van der Waals surface area contributed by atoms with Crippen LogP contribution in [-0.4, -0.2) is 6.61 Å². The van der Waals surface area contributed by atoms with Gasteiger partial charge in [-0.2, -0.15) is 0 Å². The first kappa shape index (κ1) is 11.8. The lowest BCUT2D eigenvalue weighted by Gasteiger charge is -2.01. The maximum atomic E-state index is 5.52. The first-order chi connectivity index (χ1) is 7.29. The summed E-state index contributed by atoms with van der Waals surface area (Å²) in [4.78, 5) is 0. The largest absolute Gasteiger partial charge is 0.376 e. The molecule has 15 heavy (non-hydrogen) atoms. The Kier molecular flexibility index (Phi) is 5.54. The van der Waals surface area contributed by atoms with Crippen LogP contribution in [0.3, 0.4) is 0 Å².